The lowest BCUT2D eigenvalue weighted by molar-refractivity contribution is -0.0970. The fraction of sp³-hybridized carbons (Fsp3) is 0.889. The second-order valence-corrected chi connectivity index (χ2v) is 5.23. The zero-order valence-corrected chi connectivity index (χ0v) is 8.26. The maximum absolute atomic E-state index is 9.05. The van der Waals surface area contributed by atoms with E-state index in [9.17, 15) is 0 Å². The number of nitriles is 1. The van der Waals surface area contributed by atoms with Gasteiger partial charge >= 0.3 is 0 Å². The second kappa shape index (κ2) is 1.75. The summed E-state index contributed by atoms with van der Waals surface area (Å²) in [6.07, 6.45) is 0.761. The van der Waals surface area contributed by atoms with Gasteiger partial charge in [-0.1, -0.05) is 11.6 Å². The molecule has 3 heterocycles. The summed E-state index contributed by atoms with van der Waals surface area (Å²) < 4.78 is 11.3. The van der Waals surface area contributed by atoms with Crippen LogP contribution in [0.25, 0.3) is 0 Å². The van der Waals surface area contributed by atoms with E-state index in [1.807, 2.05) is 13.8 Å². The van der Waals surface area contributed by atoms with Crippen molar-refractivity contribution in [1.82, 2.24) is 0 Å². The van der Waals surface area contributed by atoms with Crippen LogP contribution in [0.3, 0.4) is 0 Å². The molecule has 0 aromatic carbocycles. The van der Waals surface area contributed by atoms with Crippen LogP contribution in [0.4, 0.5) is 0 Å². The molecule has 3 nitrogen and oxygen atoms in total. The summed E-state index contributed by atoms with van der Waals surface area (Å²) in [7, 11) is 0. The Labute approximate surface area is 81.6 Å². The van der Waals surface area contributed by atoms with Gasteiger partial charge in [0.25, 0.3) is 0 Å². The standard InChI is InChI=1S/C9H10ClNO2/c1-7-3-9(10,4-11)8(2,13-7)6-5(7)12-6/h5-6H,3H2,1-2H3. The molecule has 0 N–H and O–H groups in total. The Bertz CT molecular complexity index is 341. The molecule has 3 rings (SSSR count). The van der Waals surface area contributed by atoms with Gasteiger partial charge in [0, 0.05) is 6.42 Å². The van der Waals surface area contributed by atoms with Crippen LogP contribution in [0.5, 0.6) is 0 Å². The minimum absolute atomic E-state index is 0.0309. The van der Waals surface area contributed by atoms with Crippen molar-refractivity contribution in [2.24, 2.45) is 0 Å². The fourth-order valence-corrected chi connectivity index (χ4v) is 3.26. The predicted octanol–water partition coefficient (Wildman–Crippen LogP) is 1.21. The molecule has 0 aliphatic carbocycles. The highest BCUT2D eigenvalue weighted by atomic mass is 35.5. The minimum atomic E-state index is -0.903. The first-order valence-electron chi connectivity index (χ1n) is 4.41. The normalized spacial score (nSPS) is 67.5. The lowest BCUT2D eigenvalue weighted by atomic mass is 9.75. The summed E-state index contributed by atoms with van der Waals surface area (Å²) in [5.74, 6) is 0. The Balaban J connectivity index is 2.13. The summed E-state index contributed by atoms with van der Waals surface area (Å²) in [6, 6.07) is 2.15. The number of halogens is 1. The van der Waals surface area contributed by atoms with Gasteiger partial charge in [-0.25, -0.2) is 0 Å². The van der Waals surface area contributed by atoms with Gasteiger partial charge < -0.3 is 9.47 Å². The summed E-state index contributed by atoms with van der Waals surface area (Å²) in [5, 5.41) is 9.05. The zero-order chi connectivity index (χ0) is 9.48. The average Bonchev–Trinajstić information content (AvgIpc) is 2.75. The quantitative estimate of drug-likeness (QED) is 0.435. The van der Waals surface area contributed by atoms with Crippen molar-refractivity contribution in [3.05, 3.63) is 0 Å². The van der Waals surface area contributed by atoms with Crippen molar-refractivity contribution in [1.29, 1.82) is 5.26 Å². The van der Waals surface area contributed by atoms with Crippen LogP contribution >= 0.6 is 11.6 Å². The lowest BCUT2D eigenvalue weighted by Gasteiger charge is -2.29. The van der Waals surface area contributed by atoms with Crippen LogP contribution in [0.15, 0.2) is 0 Å². The molecule has 0 aromatic heterocycles. The number of epoxide rings is 1. The summed E-state index contributed by atoms with van der Waals surface area (Å²) in [5.41, 5.74) is -0.945. The van der Waals surface area contributed by atoms with Crippen LogP contribution < -0.4 is 0 Å². The first-order chi connectivity index (χ1) is 5.95. The molecule has 0 aromatic rings. The molecule has 5 atom stereocenters. The van der Waals surface area contributed by atoms with Gasteiger partial charge in [0.05, 0.1) is 11.7 Å². The summed E-state index contributed by atoms with van der Waals surface area (Å²) >= 11 is 6.24. The van der Waals surface area contributed by atoms with E-state index in [0.29, 0.717) is 6.42 Å². The van der Waals surface area contributed by atoms with Gasteiger partial charge in [-0.05, 0) is 13.8 Å². The SMILES string of the molecule is CC12CC(Cl)(C#N)C(C)(O1)C1OC12. The second-order valence-electron chi connectivity index (χ2n) is 4.59. The lowest BCUT2D eigenvalue weighted by Crippen LogP contribution is -2.48. The van der Waals surface area contributed by atoms with Crippen LogP contribution in [-0.4, -0.2) is 28.3 Å². The number of fused-ring (bicyclic) bond motifs is 5. The number of hydrogen-bond donors (Lipinski definition) is 0. The number of alkyl halides is 1. The third-order valence-electron chi connectivity index (χ3n) is 3.64. The van der Waals surface area contributed by atoms with E-state index in [0.717, 1.165) is 0 Å². The average molecular weight is 200 g/mol. The first-order valence-corrected chi connectivity index (χ1v) is 4.79. The Morgan fingerprint density at radius 1 is 1.46 bits per heavy atom. The van der Waals surface area contributed by atoms with E-state index in [-0.39, 0.29) is 17.8 Å². The van der Waals surface area contributed by atoms with Crippen molar-refractivity contribution in [3.63, 3.8) is 0 Å². The van der Waals surface area contributed by atoms with Crippen LogP contribution in [0.2, 0.25) is 0 Å². The van der Waals surface area contributed by atoms with E-state index < -0.39 is 10.5 Å². The van der Waals surface area contributed by atoms with Crippen molar-refractivity contribution in [2.75, 3.05) is 0 Å². The summed E-state index contributed by atoms with van der Waals surface area (Å²) in [6.45, 7) is 3.86. The number of rotatable bonds is 0. The minimum Gasteiger partial charge on any atom is -0.363 e. The van der Waals surface area contributed by atoms with Gasteiger partial charge in [-0.2, -0.15) is 5.26 Å². The molecule has 3 fully saturated rings. The zero-order valence-electron chi connectivity index (χ0n) is 7.50. The maximum Gasteiger partial charge on any atom is 0.164 e. The highest BCUT2D eigenvalue weighted by Crippen LogP contribution is 2.66. The van der Waals surface area contributed by atoms with Gasteiger partial charge in [0.15, 0.2) is 4.87 Å². The monoisotopic (exact) mass is 199 g/mol. The van der Waals surface area contributed by atoms with Gasteiger partial charge in [-0.15, -0.1) is 0 Å². The molecule has 13 heavy (non-hydrogen) atoms. The molecule has 0 radical (unpaired) electrons. The van der Waals surface area contributed by atoms with E-state index in [1.54, 1.807) is 0 Å². The molecule has 70 valence electrons. The van der Waals surface area contributed by atoms with Gasteiger partial charge in [0.2, 0.25) is 0 Å². The van der Waals surface area contributed by atoms with Crippen LogP contribution in [-0.2, 0) is 9.47 Å². The van der Waals surface area contributed by atoms with E-state index in [4.69, 9.17) is 26.3 Å². The van der Waals surface area contributed by atoms with E-state index >= 15 is 0 Å². The number of hydrogen-bond acceptors (Lipinski definition) is 3. The first kappa shape index (κ1) is 8.05. The Hall–Kier alpha value is -0.300. The maximum atomic E-state index is 9.05. The molecule has 0 saturated carbocycles. The molecule has 3 aliphatic heterocycles. The highest BCUT2D eigenvalue weighted by Gasteiger charge is 2.82. The van der Waals surface area contributed by atoms with Crippen molar-refractivity contribution >= 4 is 11.6 Å². The predicted molar refractivity (Wildman–Crippen MR) is 45.4 cm³/mol. The molecular weight excluding hydrogens is 190 g/mol. The van der Waals surface area contributed by atoms with Crippen LogP contribution in [0.1, 0.15) is 20.3 Å². The third-order valence-corrected chi connectivity index (χ3v) is 4.23. The van der Waals surface area contributed by atoms with Crippen molar-refractivity contribution < 1.29 is 9.47 Å². The molecule has 0 spiro atoms. The molecule has 5 unspecified atom stereocenters. The number of ether oxygens (including phenoxy) is 2. The Kier molecular flexibility index (Phi) is 1.08. The Morgan fingerprint density at radius 2 is 2.15 bits per heavy atom. The molecule has 3 saturated heterocycles. The molecular formula is C9H10ClNO2. The number of nitrogens with zero attached hydrogens (tertiary/aromatic N) is 1. The largest absolute Gasteiger partial charge is 0.363 e. The van der Waals surface area contributed by atoms with Gasteiger partial charge in [-0.3, -0.25) is 0 Å². The van der Waals surface area contributed by atoms with Crippen LogP contribution in [0, 0.1) is 11.3 Å². The molecule has 2 bridgehead atoms. The van der Waals surface area contributed by atoms with Gasteiger partial charge in [0.1, 0.15) is 17.8 Å². The highest BCUT2D eigenvalue weighted by molar-refractivity contribution is 6.27. The third kappa shape index (κ3) is 0.633. The smallest absolute Gasteiger partial charge is 0.164 e. The topological polar surface area (TPSA) is 45.5 Å². The van der Waals surface area contributed by atoms with E-state index in [1.165, 1.54) is 0 Å². The molecule has 0 amide bonds. The molecule has 3 aliphatic rings. The van der Waals surface area contributed by atoms with Crippen molar-refractivity contribution in [3.8, 4) is 6.07 Å². The van der Waals surface area contributed by atoms with Crippen molar-refractivity contribution in [2.45, 2.75) is 48.6 Å². The summed E-state index contributed by atoms with van der Waals surface area (Å²) in [4.78, 5) is -0.903. The Morgan fingerprint density at radius 3 is 2.62 bits per heavy atom. The molecule has 4 heteroatoms. The van der Waals surface area contributed by atoms with E-state index in [2.05, 4.69) is 6.07 Å². The fourth-order valence-electron chi connectivity index (χ4n) is 2.85.